The average Bonchev–Trinajstić information content (AvgIpc) is 2.74. The van der Waals surface area contributed by atoms with Crippen molar-refractivity contribution in [1.82, 2.24) is 14.9 Å². The molecule has 0 aromatic carbocycles. The SMILES string of the molecule is CCOC(=O)C1CCCN(c2ncnc(N3CCN(C(=O)OCC)CC3)c2N)C1. The highest BCUT2D eigenvalue weighted by molar-refractivity contribution is 5.78. The maximum atomic E-state index is 12.1. The molecule has 0 spiro atoms. The Balaban J connectivity index is 1.68. The van der Waals surface area contributed by atoms with Crippen LogP contribution >= 0.6 is 0 Å². The molecule has 29 heavy (non-hydrogen) atoms. The van der Waals surface area contributed by atoms with Crippen LogP contribution in [0.2, 0.25) is 0 Å². The van der Waals surface area contributed by atoms with Crippen LogP contribution in [0.15, 0.2) is 6.33 Å². The fraction of sp³-hybridized carbons (Fsp3) is 0.684. The van der Waals surface area contributed by atoms with E-state index in [1.54, 1.807) is 11.8 Å². The quantitative estimate of drug-likeness (QED) is 0.718. The molecule has 10 nitrogen and oxygen atoms in total. The van der Waals surface area contributed by atoms with Crippen LogP contribution in [-0.2, 0) is 14.3 Å². The molecule has 1 aromatic heterocycles. The van der Waals surface area contributed by atoms with Gasteiger partial charge < -0.3 is 29.9 Å². The molecular formula is C19H30N6O4. The van der Waals surface area contributed by atoms with E-state index in [0.29, 0.717) is 63.3 Å². The largest absolute Gasteiger partial charge is 0.466 e. The lowest BCUT2D eigenvalue weighted by atomic mass is 9.98. The zero-order valence-electron chi connectivity index (χ0n) is 17.2. The van der Waals surface area contributed by atoms with Crippen molar-refractivity contribution in [2.75, 3.05) is 68.0 Å². The van der Waals surface area contributed by atoms with Crippen molar-refractivity contribution in [3.8, 4) is 0 Å². The minimum Gasteiger partial charge on any atom is -0.466 e. The number of ether oxygens (including phenoxy) is 2. The Morgan fingerprint density at radius 2 is 1.69 bits per heavy atom. The number of carbonyl (C=O) groups is 2. The lowest BCUT2D eigenvalue weighted by molar-refractivity contribution is -0.148. The van der Waals surface area contributed by atoms with E-state index in [4.69, 9.17) is 15.2 Å². The van der Waals surface area contributed by atoms with Crippen molar-refractivity contribution < 1.29 is 19.1 Å². The summed E-state index contributed by atoms with van der Waals surface area (Å²) in [7, 11) is 0. The number of nitrogen functional groups attached to an aromatic ring is 1. The summed E-state index contributed by atoms with van der Waals surface area (Å²) in [5, 5.41) is 0. The van der Waals surface area contributed by atoms with Crippen molar-refractivity contribution in [3.63, 3.8) is 0 Å². The van der Waals surface area contributed by atoms with E-state index in [1.807, 2.05) is 11.8 Å². The first-order valence-corrected chi connectivity index (χ1v) is 10.2. The Hall–Kier alpha value is -2.78. The Morgan fingerprint density at radius 1 is 1.03 bits per heavy atom. The zero-order valence-corrected chi connectivity index (χ0v) is 17.2. The molecule has 160 valence electrons. The number of nitrogens with zero attached hydrogens (tertiary/aromatic N) is 5. The van der Waals surface area contributed by atoms with Crippen molar-refractivity contribution in [2.45, 2.75) is 26.7 Å². The lowest BCUT2D eigenvalue weighted by Crippen LogP contribution is -2.49. The van der Waals surface area contributed by atoms with Crippen LogP contribution in [0.3, 0.4) is 0 Å². The Morgan fingerprint density at radius 3 is 2.34 bits per heavy atom. The van der Waals surface area contributed by atoms with Gasteiger partial charge in [0, 0.05) is 39.3 Å². The van der Waals surface area contributed by atoms with Crippen LogP contribution in [0, 0.1) is 5.92 Å². The number of piperazine rings is 1. The number of nitrogens with two attached hydrogens (primary N) is 1. The molecule has 2 fully saturated rings. The number of aromatic nitrogens is 2. The number of carbonyl (C=O) groups excluding carboxylic acids is 2. The normalized spacial score (nSPS) is 19.8. The van der Waals surface area contributed by atoms with Gasteiger partial charge >= 0.3 is 12.1 Å². The highest BCUT2D eigenvalue weighted by atomic mass is 16.6. The van der Waals surface area contributed by atoms with Crippen molar-refractivity contribution in [2.24, 2.45) is 5.92 Å². The minimum absolute atomic E-state index is 0.167. The maximum absolute atomic E-state index is 12.1. The number of amides is 1. The molecular weight excluding hydrogens is 376 g/mol. The molecule has 1 atom stereocenters. The van der Waals surface area contributed by atoms with E-state index in [2.05, 4.69) is 14.9 Å². The molecule has 1 aromatic rings. The van der Waals surface area contributed by atoms with Gasteiger partial charge in [-0.25, -0.2) is 14.8 Å². The number of anilines is 3. The van der Waals surface area contributed by atoms with Gasteiger partial charge in [0.2, 0.25) is 0 Å². The molecule has 0 radical (unpaired) electrons. The van der Waals surface area contributed by atoms with Gasteiger partial charge in [-0.15, -0.1) is 0 Å². The van der Waals surface area contributed by atoms with E-state index < -0.39 is 0 Å². The molecule has 3 heterocycles. The molecule has 1 amide bonds. The number of hydrogen-bond donors (Lipinski definition) is 1. The van der Waals surface area contributed by atoms with Crippen LogP contribution in [0.1, 0.15) is 26.7 Å². The second-order valence-corrected chi connectivity index (χ2v) is 7.14. The third-order valence-corrected chi connectivity index (χ3v) is 5.29. The van der Waals surface area contributed by atoms with E-state index in [1.165, 1.54) is 6.33 Å². The molecule has 2 aliphatic heterocycles. The number of piperidine rings is 1. The van der Waals surface area contributed by atoms with Crippen LogP contribution < -0.4 is 15.5 Å². The number of esters is 1. The first-order chi connectivity index (χ1) is 14.0. The van der Waals surface area contributed by atoms with Crippen molar-refractivity contribution >= 4 is 29.4 Å². The Labute approximate surface area is 171 Å². The van der Waals surface area contributed by atoms with Gasteiger partial charge in [0.05, 0.1) is 19.1 Å². The van der Waals surface area contributed by atoms with Gasteiger partial charge in [0.1, 0.15) is 12.0 Å². The van der Waals surface area contributed by atoms with Gasteiger partial charge in [-0.1, -0.05) is 0 Å². The molecule has 0 bridgehead atoms. The second kappa shape index (κ2) is 9.62. The monoisotopic (exact) mass is 406 g/mol. The topological polar surface area (TPSA) is 114 Å². The van der Waals surface area contributed by atoms with Gasteiger partial charge in [-0.3, -0.25) is 4.79 Å². The summed E-state index contributed by atoms with van der Waals surface area (Å²) in [6, 6.07) is 0. The van der Waals surface area contributed by atoms with Gasteiger partial charge in [-0.2, -0.15) is 0 Å². The molecule has 2 N–H and O–H groups in total. The number of rotatable bonds is 5. The summed E-state index contributed by atoms with van der Waals surface area (Å²) in [6.07, 6.45) is 2.90. The molecule has 0 saturated carbocycles. The maximum Gasteiger partial charge on any atom is 0.409 e. The van der Waals surface area contributed by atoms with Crippen LogP contribution in [-0.4, -0.2) is 79.4 Å². The molecule has 1 unspecified atom stereocenters. The second-order valence-electron chi connectivity index (χ2n) is 7.14. The van der Waals surface area contributed by atoms with Crippen LogP contribution in [0.25, 0.3) is 0 Å². The van der Waals surface area contributed by atoms with Crippen LogP contribution in [0.4, 0.5) is 22.1 Å². The first kappa shape index (κ1) is 20.9. The summed E-state index contributed by atoms with van der Waals surface area (Å²) in [6.45, 7) is 8.01. The smallest absolute Gasteiger partial charge is 0.409 e. The highest BCUT2D eigenvalue weighted by Crippen LogP contribution is 2.32. The predicted molar refractivity (Wildman–Crippen MR) is 109 cm³/mol. The summed E-state index contributed by atoms with van der Waals surface area (Å²) in [4.78, 5) is 38.6. The van der Waals surface area contributed by atoms with Gasteiger partial charge in [-0.05, 0) is 26.7 Å². The van der Waals surface area contributed by atoms with E-state index >= 15 is 0 Å². The van der Waals surface area contributed by atoms with Crippen molar-refractivity contribution in [3.05, 3.63) is 6.33 Å². The number of hydrogen-bond acceptors (Lipinski definition) is 9. The molecule has 3 rings (SSSR count). The van der Waals surface area contributed by atoms with Gasteiger partial charge in [0.15, 0.2) is 11.6 Å². The third-order valence-electron chi connectivity index (χ3n) is 5.29. The molecule has 2 aliphatic rings. The Bertz CT molecular complexity index is 723. The Kier molecular flexibility index (Phi) is 6.95. The average molecular weight is 406 g/mol. The molecule has 10 heteroatoms. The first-order valence-electron chi connectivity index (χ1n) is 10.2. The fourth-order valence-corrected chi connectivity index (χ4v) is 3.82. The van der Waals surface area contributed by atoms with E-state index in [9.17, 15) is 9.59 Å². The standard InChI is InChI=1S/C19H30N6O4/c1-3-28-18(26)14-6-5-7-25(12-14)17-15(20)16(21-13-22-17)23-8-10-24(11-9-23)19(27)29-4-2/h13-14H,3-12,20H2,1-2H3. The highest BCUT2D eigenvalue weighted by Gasteiger charge is 2.30. The van der Waals surface area contributed by atoms with Crippen molar-refractivity contribution in [1.29, 1.82) is 0 Å². The summed E-state index contributed by atoms with van der Waals surface area (Å²) in [5.41, 5.74) is 6.94. The summed E-state index contributed by atoms with van der Waals surface area (Å²) < 4.78 is 10.2. The molecule has 2 saturated heterocycles. The summed E-state index contributed by atoms with van der Waals surface area (Å²) in [5.74, 6) is 0.975. The summed E-state index contributed by atoms with van der Waals surface area (Å²) >= 11 is 0. The van der Waals surface area contributed by atoms with E-state index in [-0.39, 0.29) is 18.0 Å². The van der Waals surface area contributed by atoms with Crippen LogP contribution in [0.5, 0.6) is 0 Å². The molecule has 0 aliphatic carbocycles. The predicted octanol–water partition coefficient (Wildman–Crippen LogP) is 1.12. The van der Waals surface area contributed by atoms with E-state index in [0.717, 1.165) is 19.4 Å². The zero-order chi connectivity index (χ0) is 20.8. The minimum atomic E-state index is -0.290. The fourth-order valence-electron chi connectivity index (χ4n) is 3.82. The lowest BCUT2D eigenvalue weighted by Gasteiger charge is -2.36. The van der Waals surface area contributed by atoms with Gasteiger partial charge in [0.25, 0.3) is 0 Å². The third kappa shape index (κ3) is 4.80.